The van der Waals surface area contributed by atoms with Crippen LogP contribution in [-0.4, -0.2) is 35.1 Å². The van der Waals surface area contributed by atoms with Gasteiger partial charge in [-0.25, -0.2) is 9.18 Å². The van der Waals surface area contributed by atoms with E-state index < -0.39 is 34.9 Å². The summed E-state index contributed by atoms with van der Waals surface area (Å²) >= 11 is 0. The second-order valence-electron chi connectivity index (χ2n) is 7.51. The van der Waals surface area contributed by atoms with Gasteiger partial charge in [-0.3, -0.25) is 4.79 Å². The van der Waals surface area contributed by atoms with Crippen molar-refractivity contribution in [3.63, 3.8) is 0 Å². The van der Waals surface area contributed by atoms with Crippen LogP contribution in [0.5, 0.6) is 5.75 Å². The van der Waals surface area contributed by atoms with Gasteiger partial charge in [0.2, 0.25) is 5.43 Å². The van der Waals surface area contributed by atoms with Crippen LogP contribution >= 0.6 is 0 Å². The first-order valence-electron chi connectivity index (χ1n) is 9.82. The van der Waals surface area contributed by atoms with Crippen molar-refractivity contribution in [1.82, 2.24) is 4.57 Å². The number of anilines is 1. The van der Waals surface area contributed by atoms with E-state index in [1.807, 2.05) is 4.90 Å². The number of carboxylic acid groups (broad SMARTS) is 1. The van der Waals surface area contributed by atoms with Gasteiger partial charge in [-0.05, 0) is 42.7 Å². The standard InChI is InChI=1S/C22H18F4N2O4/c23-17-9-15-18(10-19(17)27-7-1-2-8-27)28(12-16(20(15)29)21(30)31)11-13-3-5-14(6-4-13)32-22(24,25)26/h3-6,9-10,12H,1-2,7-8,11H2,(H,30,31). The number of halogens is 4. The summed E-state index contributed by atoms with van der Waals surface area (Å²) in [7, 11) is 0. The molecular formula is C22H18F4N2O4. The lowest BCUT2D eigenvalue weighted by Crippen LogP contribution is -2.22. The summed E-state index contributed by atoms with van der Waals surface area (Å²) in [5.74, 6) is -2.46. The molecule has 2 aromatic carbocycles. The van der Waals surface area contributed by atoms with E-state index in [4.69, 9.17) is 0 Å². The Morgan fingerprint density at radius 2 is 1.75 bits per heavy atom. The summed E-state index contributed by atoms with van der Waals surface area (Å²) in [5.41, 5.74) is -0.140. The number of carboxylic acids is 1. The molecule has 0 unspecified atom stereocenters. The zero-order valence-corrected chi connectivity index (χ0v) is 16.7. The molecule has 2 heterocycles. The van der Waals surface area contributed by atoms with E-state index in [1.54, 1.807) is 0 Å². The van der Waals surface area contributed by atoms with Gasteiger partial charge in [-0.2, -0.15) is 0 Å². The van der Waals surface area contributed by atoms with Gasteiger partial charge in [0.15, 0.2) is 0 Å². The van der Waals surface area contributed by atoms with Crippen molar-refractivity contribution >= 4 is 22.6 Å². The van der Waals surface area contributed by atoms with E-state index in [0.29, 0.717) is 29.9 Å². The first-order valence-corrected chi connectivity index (χ1v) is 9.82. The third-order valence-corrected chi connectivity index (χ3v) is 5.34. The third kappa shape index (κ3) is 4.39. The van der Waals surface area contributed by atoms with Gasteiger partial charge in [0.1, 0.15) is 17.1 Å². The molecule has 6 nitrogen and oxygen atoms in total. The average Bonchev–Trinajstić information content (AvgIpc) is 3.24. The molecule has 1 fully saturated rings. The summed E-state index contributed by atoms with van der Waals surface area (Å²) in [6.45, 7) is 1.38. The zero-order valence-electron chi connectivity index (χ0n) is 16.7. The van der Waals surface area contributed by atoms with Crippen LogP contribution < -0.4 is 15.1 Å². The van der Waals surface area contributed by atoms with E-state index in [0.717, 1.165) is 31.0 Å². The molecule has 0 aliphatic carbocycles. The van der Waals surface area contributed by atoms with E-state index in [1.165, 1.54) is 29.0 Å². The van der Waals surface area contributed by atoms with Gasteiger partial charge < -0.3 is 19.3 Å². The summed E-state index contributed by atoms with van der Waals surface area (Å²) in [5, 5.41) is 9.34. The molecule has 0 saturated carbocycles. The van der Waals surface area contributed by atoms with Crippen molar-refractivity contribution in [3.8, 4) is 5.75 Å². The number of aromatic nitrogens is 1. The Morgan fingerprint density at radius 3 is 2.34 bits per heavy atom. The number of alkyl halides is 3. The maximum Gasteiger partial charge on any atom is 0.573 e. The number of carbonyl (C=O) groups is 1. The fourth-order valence-electron chi connectivity index (χ4n) is 3.88. The number of benzene rings is 2. The molecule has 32 heavy (non-hydrogen) atoms. The Balaban J connectivity index is 1.79. The van der Waals surface area contributed by atoms with Crippen molar-refractivity contribution in [2.24, 2.45) is 0 Å². The molecule has 4 rings (SSSR count). The minimum Gasteiger partial charge on any atom is -0.477 e. The van der Waals surface area contributed by atoms with Crippen molar-refractivity contribution in [2.75, 3.05) is 18.0 Å². The summed E-state index contributed by atoms with van der Waals surface area (Å²) in [6, 6.07) is 7.65. The maximum atomic E-state index is 14.8. The van der Waals surface area contributed by atoms with Crippen molar-refractivity contribution in [1.29, 1.82) is 0 Å². The lowest BCUT2D eigenvalue weighted by Gasteiger charge is -2.20. The normalized spacial score (nSPS) is 14.2. The Kier molecular flexibility index (Phi) is 5.53. The molecule has 0 radical (unpaired) electrons. The molecule has 1 saturated heterocycles. The first kappa shape index (κ1) is 21.7. The molecule has 0 atom stereocenters. The third-order valence-electron chi connectivity index (χ3n) is 5.34. The highest BCUT2D eigenvalue weighted by Gasteiger charge is 2.31. The number of rotatable bonds is 5. The summed E-state index contributed by atoms with van der Waals surface area (Å²) < 4.78 is 57.2. The Labute approximate surface area is 179 Å². The van der Waals surface area contributed by atoms with Gasteiger partial charge in [-0.1, -0.05) is 12.1 Å². The van der Waals surface area contributed by atoms with Crippen LogP contribution in [0.3, 0.4) is 0 Å². The highest BCUT2D eigenvalue weighted by molar-refractivity contribution is 5.93. The van der Waals surface area contributed by atoms with Gasteiger partial charge in [0.05, 0.1) is 11.2 Å². The van der Waals surface area contributed by atoms with E-state index in [9.17, 15) is 32.3 Å². The van der Waals surface area contributed by atoms with Gasteiger partial charge in [0, 0.05) is 31.2 Å². The minimum atomic E-state index is -4.82. The molecule has 1 aliphatic heterocycles. The fourth-order valence-corrected chi connectivity index (χ4v) is 3.88. The van der Waals surface area contributed by atoms with Crippen LogP contribution in [0.15, 0.2) is 47.4 Å². The second-order valence-corrected chi connectivity index (χ2v) is 7.51. The highest BCUT2D eigenvalue weighted by atomic mass is 19.4. The number of pyridine rings is 1. The van der Waals surface area contributed by atoms with Crippen molar-refractivity contribution < 1.29 is 32.2 Å². The molecule has 0 amide bonds. The van der Waals surface area contributed by atoms with E-state index in [2.05, 4.69) is 4.74 Å². The number of fused-ring (bicyclic) bond motifs is 1. The molecule has 168 valence electrons. The monoisotopic (exact) mass is 450 g/mol. The van der Waals surface area contributed by atoms with Crippen molar-refractivity contribution in [3.05, 3.63) is 69.8 Å². The quantitative estimate of drug-likeness (QED) is 0.584. The molecular weight excluding hydrogens is 432 g/mol. The van der Waals surface area contributed by atoms with Gasteiger partial charge in [-0.15, -0.1) is 13.2 Å². The zero-order chi connectivity index (χ0) is 23.0. The smallest absolute Gasteiger partial charge is 0.477 e. The molecule has 1 N–H and O–H groups in total. The Bertz CT molecular complexity index is 1230. The van der Waals surface area contributed by atoms with Crippen LogP contribution in [0.25, 0.3) is 10.9 Å². The van der Waals surface area contributed by atoms with Crippen LogP contribution in [0.1, 0.15) is 28.8 Å². The number of hydrogen-bond donors (Lipinski definition) is 1. The fraction of sp³-hybridized carbons (Fsp3) is 0.273. The van der Waals surface area contributed by atoms with Crippen LogP contribution in [0.2, 0.25) is 0 Å². The lowest BCUT2D eigenvalue weighted by molar-refractivity contribution is -0.274. The lowest BCUT2D eigenvalue weighted by atomic mass is 10.1. The SMILES string of the molecule is O=C(O)c1cn(Cc2ccc(OC(F)(F)F)cc2)c2cc(N3CCCC3)c(F)cc2c1=O. The molecule has 0 spiro atoms. The molecule has 10 heteroatoms. The summed E-state index contributed by atoms with van der Waals surface area (Å²) in [4.78, 5) is 26.1. The molecule has 3 aromatic rings. The molecule has 0 bridgehead atoms. The number of aromatic carboxylic acids is 1. The number of hydrogen-bond acceptors (Lipinski definition) is 4. The van der Waals surface area contributed by atoms with Crippen LogP contribution in [0, 0.1) is 5.82 Å². The average molecular weight is 450 g/mol. The van der Waals surface area contributed by atoms with E-state index in [-0.39, 0.29) is 11.9 Å². The predicted octanol–water partition coefficient (Wildman–Crippen LogP) is 4.39. The summed E-state index contributed by atoms with van der Waals surface area (Å²) in [6.07, 6.45) is -1.83. The molecule has 1 aliphatic rings. The minimum absolute atomic E-state index is 0.0500. The highest BCUT2D eigenvalue weighted by Crippen LogP contribution is 2.29. The predicted molar refractivity (Wildman–Crippen MR) is 109 cm³/mol. The van der Waals surface area contributed by atoms with Gasteiger partial charge >= 0.3 is 12.3 Å². The number of nitrogens with zero attached hydrogens (tertiary/aromatic N) is 2. The Morgan fingerprint density at radius 1 is 1.09 bits per heavy atom. The maximum absolute atomic E-state index is 14.8. The largest absolute Gasteiger partial charge is 0.573 e. The number of ether oxygens (including phenoxy) is 1. The van der Waals surface area contributed by atoms with Gasteiger partial charge in [0.25, 0.3) is 0 Å². The van der Waals surface area contributed by atoms with Crippen LogP contribution in [0.4, 0.5) is 23.2 Å². The van der Waals surface area contributed by atoms with Crippen molar-refractivity contribution in [2.45, 2.75) is 25.7 Å². The van der Waals surface area contributed by atoms with E-state index >= 15 is 0 Å². The second kappa shape index (κ2) is 8.18. The molecule has 1 aromatic heterocycles. The topological polar surface area (TPSA) is 71.8 Å². The van der Waals surface area contributed by atoms with Crippen LogP contribution in [-0.2, 0) is 6.54 Å². The first-order chi connectivity index (χ1) is 15.1. The Hall–Kier alpha value is -3.56.